The molecule has 0 saturated heterocycles. The Labute approximate surface area is 124 Å². The van der Waals surface area contributed by atoms with E-state index in [0.29, 0.717) is 0 Å². The molecule has 0 aliphatic rings. The largest absolute Gasteiger partial charge is 0.356 e. The fraction of sp³-hybridized carbons (Fsp3) is 0.211. The van der Waals surface area contributed by atoms with Crippen LogP contribution in [0.3, 0.4) is 0 Å². The second-order valence-electron chi connectivity index (χ2n) is 5.08. The maximum absolute atomic E-state index is 5.51. The molecule has 104 valence electrons. The molecule has 0 saturated carbocycles. The molecule has 0 aliphatic carbocycles. The molecule has 1 heterocycles. The van der Waals surface area contributed by atoms with Crippen LogP contribution in [0.5, 0.6) is 0 Å². The highest BCUT2D eigenvalue weighted by Crippen LogP contribution is 2.29. The summed E-state index contributed by atoms with van der Waals surface area (Å²) in [5, 5.41) is 6.46. The molecule has 3 aromatic rings. The fourth-order valence-corrected chi connectivity index (χ4v) is 2.64. The molecule has 2 nitrogen and oxygen atoms in total. The van der Waals surface area contributed by atoms with Gasteiger partial charge in [-0.2, -0.15) is 0 Å². The van der Waals surface area contributed by atoms with Crippen LogP contribution in [-0.4, -0.2) is 5.16 Å². The second-order valence-corrected chi connectivity index (χ2v) is 5.08. The standard InChI is InChI=1S/C19H17NO/c1-4-6-14-7-8-16-12-17(10-9-15(16)11-14)19-18(5-2)13(3)20-21-19/h7-12H,5H2,1-3H3. The van der Waals surface area contributed by atoms with E-state index in [0.717, 1.165) is 29.0 Å². The summed E-state index contributed by atoms with van der Waals surface area (Å²) in [6.45, 7) is 5.97. The molecule has 21 heavy (non-hydrogen) atoms. The van der Waals surface area contributed by atoms with Crippen molar-refractivity contribution < 1.29 is 4.52 Å². The number of benzene rings is 2. The van der Waals surface area contributed by atoms with Crippen molar-refractivity contribution in [3.8, 4) is 23.2 Å². The Kier molecular flexibility index (Phi) is 3.50. The Morgan fingerprint density at radius 1 is 1.10 bits per heavy atom. The van der Waals surface area contributed by atoms with Crippen LogP contribution in [0.1, 0.15) is 30.7 Å². The summed E-state index contributed by atoms with van der Waals surface area (Å²) in [6.07, 6.45) is 0.924. The highest BCUT2D eigenvalue weighted by atomic mass is 16.5. The molecule has 0 atom stereocenters. The third-order valence-corrected chi connectivity index (χ3v) is 3.71. The van der Waals surface area contributed by atoms with Crippen molar-refractivity contribution >= 4 is 10.8 Å². The first-order chi connectivity index (χ1) is 10.2. The van der Waals surface area contributed by atoms with Gasteiger partial charge in [0, 0.05) is 16.7 Å². The lowest BCUT2D eigenvalue weighted by Crippen LogP contribution is -1.86. The second kappa shape index (κ2) is 5.46. The zero-order chi connectivity index (χ0) is 14.8. The van der Waals surface area contributed by atoms with E-state index in [4.69, 9.17) is 4.52 Å². The van der Waals surface area contributed by atoms with E-state index < -0.39 is 0 Å². The van der Waals surface area contributed by atoms with E-state index in [1.807, 2.05) is 13.8 Å². The minimum Gasteiger partial charge on any atom is -0.356 e. The molecule has 0 amide bonds. The Hall–Kier alpha value is -2.53. The molecule has 0 unspecified atom stereocenters. The van der Waals surface area contributed by atoms with Gasteiger partial charge in [-0.1, -0.05) is 36.2 Å². The number of rotatable bonds is 2. The van der Waals surface area contributed by atoms with Gasteiger partial charge in [0.15, 0.2) is 5.76 Å². The lowest BCUT2D eigenvalue weighted by molar-refractivity contribution is 0.427. The van der Waals surface area contributed by atoms with Crippen LogP contribution in [0, 0.1) is 18.8 Å². The summed E-state index contributed by atoms with van der Waals surface area (Å²) < 4.78 is 5.51. The average Bonchev–Trinajstić information content (AvgIpc) is 2.88. The molecule has 3 rings (SSSR count). The Bertz CT molecular complexity index is 862. The van der Waals surface area contributed by atoms with Crippen molar-refractivity contribution in [2.75, 3.05) is 0 Å². The minimum absolute atomic E-state index is 0.884. The van der Waals surface area contributed by atoms with E-state index in [2.05, 4.69) is 60.3 Å². The first kappa shape index (κ1) is 13.5. The highest BCUT2D eigenvalue weighted by Gasteiger charge is 2.13. The van der Waals surface area contributed by atoms with Gasteiger partial charge in [-0.15, -0.1) is 5.92 Å². The van der Waals surface area contributed by atoms with Crippen molar-refractivity contribution in [3.05, 3.63) is 53.2 Å². The smallest absolute Gasteiger partial charge is 0.170 e. The topological polar surface area (TPSA) is 26.0 Å². The van der Waals surface area contributed by atoms with Crippen LogP contribution >= 0.6 is 0 Å². The Morgan fingerprint density at radius 3 is 2.62 bits per heavy atom. The zero-order valence-corrected chi connectivity index (χ0v) is 12.5. The van der Waals surface area contributed by atoms with Crippen LogP contribution in [-0.2, 0) is 6.42 Å². The predicted octanol–water partition coefficient (Wildman–Crippen LogP) is 4.74. The van der Waals surface area contributed by atoms with Gasteiger partial charge in [0.2, 0.25) is 0 Å². The lowest BCUT2D eigenvalue weighted by atomic mass is 10.0. The normalized spacial score (nSPS) is 10.4. The predicted molar refractivity (Wildman–Crippen MR) is 86.1 cm³/mol. The summed E-state index contributed by atoms with van der Waals surface area (Å²) >= 11 is 0. The first-order valence-electron chi connectivity index (χ1n) is 7.15. The quantitative estimate of drug-likeness (QED) is 0.631. The third kappa shape index (κ3) is 2.43. The van der Waals surface area contributed by atoms with Crippen LogP contribution in [0.2, 0.25) is 0 Å². The SMILES string of the molecule is CC#Cc1ccc2cc(-c3onc(C)c3CC)ccc2c1. The average molecular weight is 275 g/mol. The van der Waals surface area contributed by atoms with Crippen LogP contribution in [0.4, 0.5) is 0 Å². The molecule has 0 N–H and O–H groups in total. The zero-order valence-electron chi connectivity index (χ0n) is 12.5. The highest BCUT2D eigenvalue weighted by molar-refractivity contribution is 5.88. The molecule has 1 aromatic heterocycles. The van der Waals surface area contributed by atoms with Gasteiger partial charge in [-0.25, -0.2) is 0 Å². The van der Waals surface area contributed by atoms with Crippen LogP contribution < -0.4 is 0 Å². The molecular formula is C19H17NO. The van der Waals surface area contributed by atoms with E-state index in [1.54, 1.807) is 0 Å². The van der Waals surface area contributed by atoms with E-state index in [-0.39, 0.29) is 0 Å². The molecule has 0 aliphatic heterocycles. The van der Waals surface area contributed by atoms with E-state index in [1.165, 1.54) is 16.3 Å². The molecule has 0 bridgehead atoms. The molecule has 0 fully saturated rings. The monoisotopic (exact) mass is 275 g/mol. The minimum atomic E-state index is 0.884. The Morgan fingerprint density at radius 2 is 1.86 bits per heavy atom. The Balaban J connectivity index is 2.12. The number of hydrogen-bond donors (Lipinski definition) is 0. The summed E-state index contributed by atoms with van der Waals surface area (Å²) in [5.41, 5.74) is 4.28. The van der Waals surface area contributed by atoms with Gasteiger partial charge >= 0.3 is 0 Å². The van der Waals surface area contributed by atoms with Gasteiger partial charge in [0.1, 0.15) is 0 Å². The van der Waals surface area contributed by atoms with Gasteiger partial charge in [0.25, 0.3) is 0 Å². The van der Waals surface area contributed by atoms with Gasteiger partial charge in [-0.05, 0) is 49.2 Å². The number of fused-ring (bicyclic) bond motifs is 1. The maximum atomic E-state index is 5.51. The molecular weight excluding hydrogens is 258 g/mol. The number of aryl methyl sites for hydroxylation is 1. The van der Waals surface area contributed by atoms with Gasteiger partial charge < -0.3 is 4.52 Å². The number of aromatic nitrogens is 1. The fourth-order valence-electron chi connectivity index (χ4n) is 2.64. The summed E-state index contributed by atoms with van der Waals surface area (Å²) in [7, 11) is 0. The number of nitrogens with zero attached hydrogens (tertiary/aromatic N) is 1. The van der Waals surface area contributed by atoms with Crippen molar-refractivity contribution in [2.45, 2.75) is 27.2 Å². The van der Waals surface area contributed by atoms with Crippen LogP contribution in [0.15, 0.2) is 40.9 Å². The maximum Gasteiger partial charge on any atom is 0.170 e. The third-order valence-electron chi connectivity index (χ3n) is 3.71. The molecule has 0 spiro atoms. The van der Waals surface area contributed by atoms with Gasteiger partial charge in [-0.3, -0.25) is 0 Å². The number of hydrogen-bond acceptors (Lipinski definition) is 2. The molecule has 2 heteroatoms. The summed E-state index contributed by atoms with van der Waals surface area (Å²) in [5.74, 6) is 6.90. The molecule has 0 radical (unpaired) electrons. The first-order valence-corrected chi connectivity index (χ1v) is 7.15. The summed E-state index contributed by atoms with van der Waals surface area (Å²) in [6, 6.07) is 12.6. The van der Waals surface area contributed by atoms with Crippen LogP contribution in [0.25, 0.3) is 22.1 Å². The van der Waals surface area contributed by atoms with E-state index >= 15 is 0 Å². The lowest BCUT2D eigenvalue weighted by Gasteiger charge is -2.03. The molecule has 2 aromatic carbocycles. The van der Waals surface area contributed by atoms with Crippen molar-refractivity contribution in [1.82, 2.24) is 5.16 Å². The van der Waals surface area contributed by atoms with Gasteiger partial charge in [0.05, 0.1) is 5.69 Å². The van der Waals surface area contributed by atoms with Crippen molar-refractivity contribution in [3.63, 3.8) is 0 Å². The van der Waals surface area contributed by atoms with E-state index in [9.17, 15) is 0 Å². The summed E-state index contributed by atoms with van der Waals surface area (Å²) in [4.78, 5) is 0. The van der Waals surface area contributed by atoms with Crippen molar-refractivity contribution in [2.24, 2.45) is 0 Å². The van der Waals surface area contributed by atoms with Crippen molar-refractivity contribution in [1.29, 1.82) is 0 Å².